The molecule has 0 aromatic heterocycles. The summed E-state index contributed by atoms with van der Waals surface area (Å²) in [6, 6.07) is 0. The second-order valence-corrected chi connectivity index (χ2v) is 7.62. The van der Waals surface area contributed by atoms with Gasteiger partial charge in [0.1, 0.15) is 0 Å². The zero-order valence-corrected chi connectivity index (χ0v) is 14.6. The summed E-state index contributed by atoms with van der Waals surface area (Å²) in [6.45, 7) is 5.49. The van der Waals surface area contributed by atoms with Gasteiger partial charge in [-0.2, -0.15) is 0 Å². The Kier molecular flexibility index (Phi) is 10.8. The largest absolute Gasteiger partial charge is 0.419 e. The zero-order valence-electron chi connectivity index (χ0n) is 13.2. The lowest BCUT2D eigenvalue weighted by atomic mass is 10.1. The van der Waals surface area contributed by atoms with Crippen molar-refractivity contribution in [3.63, 3.8) is 0 Å². The van der Waals surface area contributed by atoms with E-state index in [1.165, 1.54) is 70.6 Å². The third-order valence-corrected chi connectivity index (χ3v) is 5.83. The molecule has 0 amide bonds. The third kappa shape index (κ3) is 9.64. The van der Waals surface area contributed by atoms with Gasteiger partial charge in [-0.15, -0.1) is 0 Å². The van der Waals surface area contributed by atoms with Crippen molar-refractivity contribution in [2.75, 3.05) is 6.61 Å². The normalized spacial score (nSPS) is 22.1. The summed E-state index contributed by atoms with van der Waals surface area (Å²) >= 11 is 0. The van der Waals surface area contributed by atoms with E-state index in [0.29, 0.717) is 11.8 Å². The van der Waals surface area contributed by atoms with Crippen LogP contribution in [-0.4, -0.2) is 28.2 Å². The van der Waals surface area contributed by atoms with Crippen LogP contribution in [0.4, 0.5) is 0 Å². The summed E-state index contributed by atoms with van der Waals surface area (Å²) in [4.78, 5) is 0. The molecule has 0 aliphatic carbocycles. The van der Waals surface area contributed by atoms with Gasteiger partial charge in [0, 0.05) is 12.7 Å². The second kappa shape index (κ2) is 11.9. The smallest absolute Gasteiger partial charge is 0.190 e. The van der Waals surface area contributed by atoms with Gasteiger partial charge in [-0.1, -0.05) is 51.9 Å². The van der Waals surface area contributed by atoms with Gasteiger partial charge < -0.3 is 9.16 Å². The summed E-state index contributed by atoms with van der Waals surface area (Å²) in [5.41, 5.74) is 0.505. The van der Waals surface area contributed by atoms with Crippen molar-refractivity contribution in [3.8, 4) is 0 Å². The minimum absolute atomic E-state index is 0.455. The van der Waals surface area contributed by atoms with Crippen molar-refractivity contribution in [1.82, 2.24) is 0 Å². The Morgan fingerprint density at radius 2 is 1.84 bits per heavy atom. The maximum Gasteiger partial charge on any atom is 0.190 e. The molecule has 0 N–H and O–H groups in total. The molecule has 0 spiro atoms. The van der Waals surface area contributed by atoms with Gasteiger partial charge in [-0.25, -0.2) is 0 Å². The first kappa shape index (κ1) is 17.2. The first-order chi connectivity index (χ1) is 9.33. The van der Waals surface area contributed by atoms with Crippen LogP contribution in [0.1, 0.15) is 84.5 Å². The summed E-state index contributed by atoms with van der Waals surface area (Å²) < 4.78 is 11.8. The van der Waals surface area contributed by atoms with Gasteiger partial charge in [0.2, 0.25) is 0 Å². The summed E-state index contributed by atoms with van der Waals surface area (Å²) in [5.74, 6) is 0. The minimum atomic E-state index is -0.455. The van der Waals surface area contributed by atoms with Crippen LogP contribution in [0.15, 0.2) is 0 Å². The molecular weight excluding hydrogens is 252 g/mol. The highest BCUT2D eigenvalue weighted by Gasteiger charge is 2.15. The molecule has 1 rings (SSSR count). The van der Waals surface area contributed by atoms with Crippen LogP contribution in [0.25, 0.3) is 0 Å². The standard InChI is InChI=1S/C16H34O2Si/c1-3-4-5-6-7-8-9-12-15(2)18-19-16-13-10-11-14-17-16/h15-16H,3-14,19H2,1-2H3. The van der Waals surface area contributed by atoms with E-state index in [-0.39, 0.29) is 0 Å². The molecule has 2 unspecified atom stereocenters. The van der Waals surface area contributed by atoms with Crippen LogP contribution < -0.4 is 0 Å². The topological polar surface area (TPSA) is 18.5 Å². The number of hydrogen-bond acceptors (Lipinski definition) is 2. The second-order valence-electron chi connectivity index (χ2n) is 6.04. The van der Waals surface area contributed by atoms with E-state index in [1.807, 2.05) is 0 Å². The number of ether oxygens (including phenoxy) is 1. The summed E-state index contributed by atoms with van der Waals surface area (Å²) in [7, 11) is -0.455. The van der Waals surface area contributed by atoms with Crippen LogP contribution in [-0.2, 0) is 9.16 Å². The molecule has 0 saturated carbocycles. The minimum Gasteiger partial charge on any atom is -0.419 e. The van der Waals surface area contributed by atoms with Crippen LogP contribution in [0.2, 0.25) is 0 Å². The SMILES string of the molecule is CCCCCCCCCC(C)O[SiH2]C1CCCCO1. The first-order valence-electron chi connectivity index (χ1n) is 8.56. The average Bonchev–Trinajstić information content (AvgIpc) is 2.45. The third-order valence-electron chi connectivity index (χ3n) is 4.05. The van der Waals surface area contributed by atoms with Gasteiger partial charge in [0.25, 0.3) is 0 Å². The lowest BCUT2D eigenvalue weighted by Crippen LogP contribution is -2.29. The van der Waals surface area contributed by atoms with Crippen LogP contribution in [0, 0.1) is 0 Å². The molecule has 0 radical (unpaired) electrons. The van der Waals surface area contributed by atoms with Crippen molar-refractivity contribution < 1.29 is 9.16 Å². The van der Waals surface area contributed by atoms with E-state index in [2.05, 4.69) is 13.8 Å². The molecule has 1 heterocycles. The molecule has 2 atom stereocenters. The van der Waals surface area contributed by atoms with Crippen LogP contribution in [0.3, 0.4) is 0 Å². The van der Waals surface area contributed by atoms with Crippen molar-refractivity contribution in [2.45, 2.75) is 96.3 Å². The number of hydrogen-bond donors (Lipinski definition) is 0. The highest BCUT2D eigenvalue weighted by atomic mass is 28.2. The van der Waals surface area contributed by atoms with E-state index >= 15 is 0 Å². The zero-order chi connectivity index (χ0) is 13.8. The molecule has 0 aromatic carbocycles. The molecule has 19 heavy (non-hydrogen) atoms. The fraction of sp³-hybridized carbons (Fsp3) is 1.00. The molecule has 1 saturated heterocycles. The molecular formula is C16H34O2Si. The molecule has 1 aliphatic heterocycles. The highest BCUT2D eigenvalue weighted by Crippen LogP contribution is 2.14. The molecule has 0 bridgehead atoms. The predicted octanol–water partition coefficient (Wildman–Crippen LogP) is 4.14. The monoisotopic (exact) mass is 286 g/mol. The van der Waals surface area contributed by atoms with Gasteiger partial charge in [-0.05, 0) is 32.6 Å². The molecule has 2 nitrogen and oxygen atoms in total. The van der Waals surface area contributed by atoms with Gasteiger partial charge in [-0.3, -0.25) is 0 Å². The molecule has 1 fully saturated rings. The van der Waals surface area contributed by atoms with E-state index in [0.717, 1.165) is 6.61 Å². The molecule has 1 aliphatic rings. The van der Waals surface area contributed by atoms with Gasteiger partial charge >= 0.3 is 0 Å². The average molecular weight is 287 g/mol. The Hall–Kier alpha value is 0.137. The Morgan fingerprint density at radius 3 is 2.53 bits per heavy atom. The quantitative estimate of drug-likeness (QED) is 0.420. The van der Waals surface area contributed by atoms with E-state index in [1.54, 1.807) is 0 Å². The molecule has 114 valence electrons. The molecule has 3 heteroatoms. The first-order valence-corrected chi connectivity index (χ1v) is 9.95. The predicted molar refractivity (Wildman–Crippen MR) is 85.3 cm³/mol. The van der Waals surface area contributed by atoms with Crippen LogP contribution in [0.5, 0.6) is 0 Å². The lowest BCUT2D eigenvalue weighted by molar-refractivity contribution is 0.0502. The highest BCUT2D eigenvalue weighted by molar-refractivity contribution is 6.29. The fourth-order valence-corrected chi connectivity index (χ4v) is 4.11. The Bertz CT molecular complexity index is 193. The fourth-order valence-electron chi connectivity index (χ4n) is 2.68. The molecule has 0 aromatic rings. The van der Waals surface area contributed by atoms with Crippen LogP contribution >= 0.6 is 0 Å². The summed E-state index contributed by atoms with van der Waals surface area (Å²) in [6.07, 6.45) is 15.3. The van der Waals surface area contributed by atoms with Gasteiger partial charge in [0.05, 0.1) is 5.73 Å². The van der Waals surface area contributed by atoms with E-state index < -0.39 is 9.76 Å². The van der Waals surface area contributed by atoms with Crippen molar-refractivity contribution in [3.05, 3.63) is 0 Å². The maximum atomic E-state index is 6.04. The Labute approximate surface area is 122 Å². The van der Waals surface area contributed by atoms with Crippen molar-refractivity contribution in [2.24, 2.45) is 0 Å². The maximum absolute atomic E-state index is 6.04. The number of rotatable bonds is 11. The van der Waals surface area contributed by atoms with Gasteiger partial charge in [0.15, 0.2) is 9.76 Å². The van der Waals surface area contributed by atoms with Crippen molar-refractivity contribution in [1.29, 1.82) is 0 Å². The van der Waals surface area contributed by atoms with E-state index in [4.69, 9.17) is 9.16 Å². The summed E-state index contributed by atoms with van der Waals surface area (Å²) in [5, 5.41) is 0. The Morgan fingerprint density at radius 1 is 1.11 bits per heavy atom. The lowest BCUT2D eigenvalue weighted by Gasteiger charge is -2.23. The van der Waals surface area contributed by atoms with E-state index in [9.17, 15) is 0 Å². The Balaban J connectivity index is 1.85. The number of unbranched alkanes of at least 4 members (excludes halogenated alkanes) is 6. The van der Waals surface area contributed by atoms with Crippen molar-refractivity contribution >= 4 is 9.76 Å².